The molecule has 5 nitrogen and oxygen atoms in total. The number of benzene rings is 1. The summed E-state index contributed by atoms with van der Waals surface area (Å²) in [5.41, 5.74) is 13.9. The van der Waals surface area contributed by atoms with Crippen LogP contribution in [0.15, 0.2) is 72.8 Å². The van der Waals surface area contributed by atoms with E-state index in [4.69, 9.17) is 5.73 Å². The van der Waals surface area contributed by atoms with E-state index < -0.39 is 0 Å². The van der Waals surface area contributed by atoms with Crippen LogP contribution >= 0.6 is 0 Å². The van der Waals surface area contributed by atoms with Crippen molar-refractivity contribution in [1.29, 1.82) is 0 Å². The Hall–Kier alpha value is -3.87. The standard InChI is InChI=1S/C20H14N4.C6H6N.Co/c1-2-14-10-16-5-6-18(23-16)12-20-8-7-19(24-20)11-17-4-3-15(22-17)9-13(1)21-14;7-6-4-2-1-3-5-6;/h1-12,21-22H;1-4H,7H2;/q;-1;. The molecule has 1 radical (unpaired) electrons. The molecule has 32 heavy (non-hydrogen) atoms. The third kappa shape index (κ3) is 5.24. The molecule has 4 aromatic rings. The Morgan fingerprint density at radius 1 is 0.594 bits per heavy atom. The molecule has 0 spiro atoms. The van der Waals surface area contributed by atoms with E-state index in [1.54, 1.807) is 12.1 Å². The van der Waals surface area contributed by atoms with Crippen molar-refractivity contribution in [3.63, 3.8) is 0 Å². The third-order valence-corrected chi connectivity index (χ3v) is 4.78. The second-order valence-electron chi connectivity index (χ2n) is 7.22. The summed E-state index contributed by atoms with van der Waals surface area (Å²) >= 11 is 0. The zero-order valence-corrected chi connectivity index (χ0v) is 18.1. The number of hydrogen-bond acceptors (Lipinski definition) is 3. The minimum atomic E-state index is 0. The average molecular weight is 461 g/mol. The molecule has 0 amide bonds. The number of nitrogen functional groups attached to an aromatic ring is 1. The van der Waals surface area contributed by atoms with Gasteiger partial charge in [-0.1, -0.05) is 5.69 Å². The van der Waals surface area contributed by atoms with Crippen LogP contribution in [-0.4, -0.2) is 19.9 Å². The molecule has 0 saturated carbocycles. The molecule has 6 rings (SSSR count). The van der Waals surface area contributed by atoms with Gasteiger partial charge in [0, 0.05) is 38.8 Å². The molecule has 159 valence electrons. The van der Waals surface area contributed by atoms with E-state index in [9.17, 15) is 0 Å². The number of aromatic amines is 2. The summed E-state index contributed by atoms with van der Waals surface area (Å²) in [5, 5.41) is 0. The van der Waals surface area contributed by atoms with Gasteiger partial charge in [-0.15, -0.1) is 6.07 Å². The maximum atomic E-state index is 5.30. The van der Waals surface area contributed by atoms with Gasteiger partial charge < -0.3 is 15.7 Å². The number of para-hydroxylation sites is 1. The molecule has 5 heterocycles. The SMILES string of the molecule is C1=Cc2cc3ccc(cc4ccc(cc5nc(cc1n2)C=C5)[nH]4)[nH]3.Nc1[c-]cccc1.[Co]. The summed E-state index contributed by atoms with van der Waals surface area (Å²) in [5.74, 6) is 0. The number of hydrogen-bond donors (Lipinski definition) is 3. The summed E-state index contributed by atoms with van der Waals surface area (Å²) in [6, 6.07) is 26.6. The maximum Gasteiger partial charge on any atom is 0.0659 e. The Bertz CT molecular complexity index is 1360. The molecule has 0 saturated heterocycles. The number of fused-ring (bicyclic) bond motifs is 8. The van der Waals surface area contributed by atoms with Gasteiger partial charge in [0.05, 0.1) is 22.8 Å². The Morgan fingerprint density at radius 3 is 1.47 bits per heavy atom. The predicted octanol–water partition coefficient (Wildman–Crippen LogP) is 5.72. The smallest absolute Gasteiger partial charge is 0.0659 e. The Balaban J connectivity index is 0.000000265. The Labute approximate surface area is 196 Å². The fourth-order valence-electron chi connectivity index (χ4n) is 3.35. The molecule has 4 N–H and O–H groups in total. The predicted molar refractivity (Wildman–Crippen MR) is 129 cm³/mol. The van der Waals surface area contributed by atoms with E-state index in [0.29, 0.717) is 5.69 Å². The van der Waals surface area contributed by atoms with Crippen molar-refractivity contribution in [2.24, 2.45) is 0 Å². The number of rotatable bonds is 0. The number of anilines is 1. The van der Waals surface area contributed by atoms with Crippen molar-refractivity contribution in [2.75, 3.05) is 5.73 Å². The molecule has 0 fully saturated rings. The van der Waals surface area contributed by atoms with Crippen LogP contribution in [0.3, 0.4) is 0 Å². The van der Waals surface area contributed by atoms with E-state index in [-0.39, 0.29) is 16.8 Å². The van der Waals surface area contributed by atoms with Crippen molar-refractivity contribution in [3.8, 4) is 0 Å². The van der Waals surface area contributed by atoms with Crippen LogP contribution in [0.5, 0.6) is 0 Å². The van der Waals surface area contributed by atoms with Crippen LogP contribution < -0.4 is 5.73 Å². The number of nitrogens with two attached hydrogens (primary N) is 1. The van der Waals surface area contributed by atoms with Gasteiger partial charge >= 0.3 is 0 Å². The number of H-pyrrole nitrogens is 2. The van der Waals surface area contributed by atoms with Gasteiger partial charge in [-0.25, -0.2) is 9.97 Å². The number of nitrogens with zero attached hydrogens (tertiary/aromatic N) is 2. The Kier molecular flexibility index (Phi) is 6.35. The monoisotopic (exact) mass is 461 g/mol. The molecular formula is C26H20CoN5-. The zero-order valence-electron chi connectivity index (χ0n) is 17.0. The normalized spacial score (nSPS) is 11.4. The average Bonchev–Trinajstić information content (AvgIpc) is 3.55. The molecule has 6 heteroatoms. The third-order valence-electron chi connectivity index (χ3n) is 4.78. The van der Waals surface area contributed by atoms with Crippen molar-refractivity contribution < 1.29 is 16.8 Å². The van der Waals surface area contributed by atoms with Crippen LogP contribution in [0.1, 0.15) is 22.8 Å². The minimum absolute atomic E-state index is 0. The topological polar surface area (TPSA) is 83.4 Å². The van der Waals surface area contributed by atoms with Crippen LogP contribution in [-0.2, 0) is 16.8 Å². The van der Waals surface area contributed by atoms with Gasteiger partial charge in [-0.3, -0.25) is 0 Å². The summed E-state index contributed by atoms with van der Waals surface area (Å²) < 4.78 is 0. The van der Waals surface area contributed by atoms with Crippen LogP contribution in [0.4, 0.5) is 5.69 Å². The Morgan fingerprint density at radius 2 is 1.06 bits per heavy atom. The van der Waals surface area contributed by atoms with Gasteiger partial charge in [0.15, 0.2) is 0 Å². The molecule has 2 aliphatic heterocycles. The minimum Gasteiger partial charge on any atom is -0.420 e. The first-order chi connectivity index (χ1) is 15.2. The van der Waals surface area contributed by atoms with E-state index >= 15 is 0 Å². The first-order valence-corrected chi connectivity index (χ1v) is 9.96. The van der Waals surface area contributed by atoms with Gasteiger partial charge in [0.2, 0.25) is 0 Å². The van der Waals surface area contributed by atoms with Crippen molar-refractivity contribution >= 4 is 52.1 Å². The summed E-state index contributed by atoms with van der Waals surface area (Å²) in [6.45, 7) is 0. The van der Waals surface area contributed by atoms with E-state index in [0.717, 1.165) is 44.8 Å². The molecule has 0 unspecified atom stereocenters. The fraction of sp³-hybridized carbons (Fsp3) is 0. The van der Waals surface area contributed by atoms with E-state index in [1.165, 1.54) is 0 Å². The number of aromatic nitrogens is 4. The van der Waals surface area contributed by atoms with Crippen LogP contribution in [0.2, 0.25) is 0 Å². The van der Waals surface area contributed by atoms with Gasteiger partial charge in [-0.05, 0) is 72.8 Å². The molecule has 0 aliphatic carbocycles. The second kappa shape index (κ2) is 9.51. The summed E-state index contributed by atoms with van der Waals surface area (Å²) in [6.07, 6.45) is 8.05. The largest absolute Gasteiger partial charge is 0.420 e. The van der Waals surface area contributed by atoms with Gasteiger partial charge in [-0.2, -0.15) is 24.3 Å². The fourth-order valence-corrected chi connectivity index (χ4v) is 3.35. The molecule has 2 aliphatic rings. The first-order valence-electron chi connectivity index (χ1n) is 9.96. The van der Waals surface area contributed by atoms with Crippen molar-refractivity contribution in [1.82, 2.24) is 19.9 Å². The molecule has 1 aromatic carbocycles. The zero-order chi connectivity index (χ0) is 21.0. The van der Waals surface area contributed by atoms with Crippen molar-refractivity contribution in [3.05, 3.63) is 102 Å². The molecular weight excluding hydrogens is 441 g/mol. The van der Waals surface area contributed by atoms with Gasteiger partial charge in [0.25, 0.3) is 0 Å². The van der Waals surface area contributed by atoms with Crippen LogP contribution in [0.25, 0.3) is 46.4 Å². The van der Waals surface area contributed by atoms with E-state index in [2.05, 4.69) is 56.3 Å². The second-order valence-corrected chi connectivity index (χ2v) is 7.22. The molecule has 0 atom stereocenters. The number of nitrogens with one attached hydrogen (secondary N) is 2. The quantitative estimate of drug-likeness (QED) is 0.200. The summed E-state index contributed by atoms with van der Waals surface area (Å²) in [4.78, 5) is 16.0. The first kappa shape index (κ1) is 21.4. The van der Waals surface area contributed by atoms with Gasteiger partial charge in [0.1, 0.15) is 0 Å². The molecule has 8 bridgehead atoms. The van der Waals surface area contributed by atoms with Crippen molar-refractivity contribution in [2.45, 2.75) is 0 Å². The van der Waals surface area contributed by atoms with Crippen LogP contribution in [0, 0.1) is 6.07 Å². The molecule has 3 aromatic heterocycles. The van der Waals surface area contributed by atoms with E-state index in [1.807, 2.05) is 54.6 Å². The maximum absolute atomic E-state index is 5.30. The summed E-state index contributed by atoms with van der Waals surface area (Å²) in [7, 11) is 0.